The summed E-state index contributed by atoms with van der Waals surface area (Å²) in [4.78, 5) is 22.0. The number of carbonyl (C=O) groups is 2. The van der Waals surface area contributed by atoms with Gasteiger partial charge in [-0.2, -0.15) is 0 Å². The number of hydrogen-bond donors (Lipinski definition) is 2. The van der Waals surface area contributed by atoms with E-state index in [1.54, 1.807) is 0 Å². The fourth-order valence-corrected chi connectivity index (χ4v) is 1.50. The predicted molar refractivity (Wildman–Crippen MR) is 59.6 cm³/mol. The SMILES string of the molecule is CC(CCC(=O)O)CNC(=O)C1COCCO1. The van der Waals surface area contributed by atoms with Gasteiger partial charge >= 0.3 is 5.97 Å². The minimum atomic E-state index is -0.813. The van der Waals surface area contributed by atoms with Crippen molar-refractivity contribution in [1.29, 1.82) is 0 Å². The van der Waals surface area contributed by atoms with E-state index in [1.807, 2.05) is 6.92 Å². The van der Waals surface area contributed by atoms with E-state index in [0.717, 1.165) is 0 Å². The summed E-state index contributed by atoms with van der Waals surface area (Å²) >= 11 is 0. The average Bonchev–Trinajstić information content (AvgIpc) is 2.34. The van der Waals surface area contributed by atoms with Crippen LogP contribution in [0, 0.1) is 5.92 Å². The highest BCUT2D eigenvalue weighted by molar-refractivity contribution is 5.81. The molecular weight excluding hydrogens is 226 g/mol. The minimum Gasteiger partial charge on any atom is -0.481 e. The van der Waals surface area contributed by atoms with Gasteiger partial charge in [0.1, 0.15) is 0 Å². The maximum Gasteiger partial charge on any atom is 0.303 e. The van der Waals surface area contributed by atoms with Crippen LogP contribution in [0.15, 0.2) is 0 Å². The van der Waals surface area contributed by atoms with Gasteiger partial charge in [0.25, 0.3) is 5.91 Å². The van der Waals surface area contributed by atoms with Gasteiger partial charge in [0.2, 0.25) is 0 Å². The molecule has 0 bridgehead atoms. The van der Waals surface area contributed by atoms with E-state index >= 15 is 0 Å². The highest BCUT2D eigenvalue weighted by atomic mass is 16.6. The van der Waals surface area contributed by atoms with Gasteiger partial charge < -0.3 is 19.9 Å². The minimum absolute atomic E-state index is 0.125. The second-order valence-electron chi connectivity index (χ2n) is 4.22. The molecule has 1 aliphatic rings. The maximum atomic E-state index is 11.6. The molecular formula is C11H19NO5. The summed E-state index contributed by atoms with van der Waals surface area (Å²) in [5.74, 6) is -0.862. The van der Waals surface area contributed by atoms with Crippen molar-refractivity contribution in [2.75, 3.05) is 26.4 Å². The number of nitrogens with one attached hydrogen (secondary N) is 1. The van der Waals surface area contributed by atoms with Crippen LogP contribution in [0.4, 0.5) is 0 Å². The molecule has 6 nitrogen and oxygen atoms in total. The van der Waals surface area contributed by atoms with Crippen LogP contribution in [0.5, 0.6) is 0 Å². The van der Waals surface area contributed by atoms with E-state index in [2.05, 4.69) is 5.32 Å². The Bertz CT molecular complexity index is 263. The summed E-state index contributed by atoms with van der Waals surface area (Å²) in [5.41, 5.74) is 0. The molecule has 1 heterocycles. The third kappa shape index (κ3) is 5.65. The number of carboxylic acid groups (broad SMARTS) is 1. The Morgan fingerprint density at radius 2 is 2.24 bits per heavy atom. The number of carbonyl (C=O) groups excluding carboxylic acids is 1. The Hall–Kier alpha value is -1.14. The van der Waals surface area contributed by atoms with Crippen molar-refractivity contribution < 1.29 is 24.2 Å². The van der Waals surface area contributed by atoms with E-state index < -0.39 is 12.1 Å². The van der Waals surface area contributed by atoms with Crippen molar-refractivity contribution in [3.63, 3.8) is 0 Å². The Labute approximate surface area is 100 Å². The summed E-state index contributed by atoms with van der Waals surface area (Å²) in [5, 5.41) is 11.3. The van der Waals surface area contributed by atoms with Crippen molar-refractivity contribution in [2.45, 2.75) is 25.9 Å². The molecule has 0 spiro atoms. The Morgan fingerprint density at radius 1 is 1.47 bits per heavy atom. The van der Waals surface area contributed by atoms with Crippen LogP contribution < -0.4 is 5.32 Å². The summed E-state index contributed by atoms with van der Waals surface area (Å²) in [7, 11) is 0. The van der Waals surface area contributed by atoms with Gasteiger partial charge in [0.15, 0.2) is 6.10 Å². The zero-order chi connectivity index (χ0) is 12.7. The second-order valence-corrected chi connectivity index (χ2v) is 4.22. The van der Waals surface area contributed by atoms with Gasteiger partial charge in [-0.1, -0.05) is 6.92 Å². The average molecular weight is 245 g/mol. The molecule has 17 heavy (non-hydrogen) atoms. The lowest BCUT2D eigenvalue weighted by Crippen LogP contribution is -2.44. The molecule has 0 saturated carbocycles. The Kier molecular flexibility index (Phi) is 5.93. The fraction of sp³-hybridized carbons (Fsp3) is 0.818. The largest absolute Gasteiger partial charge is 0.481 e. The van der Waals surface area contributed by atoms with Crippen LogP contribution in [0.25, 0.3) is 0 Å². The van der Waals surface area contributed by atoms with E-state index in [1.165, 1.54) is 0 Å². The molecule has 0 aliphatic carbocycles. The quantitative estimate of drug-likeness (QED) is 0.689. The zero-order valence-corrected chi connectivity index (χ0v) is 9.98. The summed E-state index contributed by atoms with van der Waals surface area (Å²) < 4.78 is 10.4. The third-order valence-electron chi connectivity index (χ3n) is 2.58. The lowest BCUT2D eigenvalue weighted by Gasteiger charge is -2.22. The molecule has 2 atom stereocenters. The van der Waals surface area contributed by atoms with Crippen LogP contribution in [-0.2, 0) is 19.1 Å². The molecule has 1 amide bonds. The molecule has 6 heteroatoms. The number of hydrogen-bond acceptors (Lipinski definition) is 4. The number of carboxylic acids is 1. The van der Waals surface area contributed by atoms with E-state index in [4.69, 9.17) is 14.6 Å². The molecule has 1 saturated heterocycles. The maximum absolute atomic E-state index is 11.6. The summed E-state index contributed by atoms with van der Waals surface area (Å²) in [6, 6.07) is 0. The molecule has 2 N–H and O–H groups in total. The molecule has 2 unspecified atom stereocenters. The molecule has 0 aromatic rings. The first-order valence-electron chi connectivity index (χ1n) is 5.78. The van der Waals surface area contributed by atoms with Crippen molar-refractivity contribution in [3.05, 3.63) is 0 Å². The highest BCUT2D eigenvalue weighted by Crippen LogP contribution is 2.05. The van der Waals surface area contributed by atoms with Gasteiger partial charge in [-0.25, -0.2) is 0 Å². The first-order chi connectivity index (χ1) is 8.09. The highest BCUT2D eigenvalue weighted by Gasteiger charge is 2.22. The topological polar surface area (TPSA) is 84.9 Å². The van der Waals surface area contributed by atoms with E-state index in [9.17, 15) is 9.59 Å². The Balaban J connectivity index is 2.15. The molecule has 0 radical (unpaired) electrons. The first-order valence-corrected chi connectivity index (χ1v) is 5.78. The third-order valence-corrected chi connectivity index (χ3v) is 2.58. The van der Waals surface area contributed by atoms with Crippen molar-refractivity contribution in [2.24, 2.45) is 5.92 Å². The number of amides is 1. The van der Waals surface area contributed by atoms with Gasteiger partial charge in [0, 0.05) is 13.0 Å². The standard InChI is InChI=1S/C11H19NO5/c1-8(2-3-10(13)14)6-12-11(15)9-7-16-4-5-17-9/h8-9H,2-7H2,1H3,(H,12,15)(H,13,14). The molecule has 98 valence electrons. The number of aliphatic carboxylic acids is 1. The van der Waals surface area contributed by atoms with Gasteiger partial charge in [0.05, 0.1) is 19.8 Å². The number of ether oxygens (including phenoxy) is 2. The second kappa shape index (κ2) is 7.24. The predicted octanol–water partition coefficient (Wildman–Crippen LogP) is 0.0189. The van der Waals surface area contributed by atoms with Crippen LogP contribution in [-0.4, -0.2) is 49.5 Å². The van der Waals surface area contributed by atoms with Crippen molar-refractivity contribution in [1.82, 2.24) is 5.32 Å². The zero-order valence-electron chi connectivity index (χ0n) is 9.98. The van der Waals surface area contributed by atoms with Crippen LogP contribution in [0.3, 0.4) is 0 Å². The van der Waals surface area contributed by atoms with Gasteiger partial charge in [-0.15, -0.1) is 0 Å². The monoisotopic (exact) mass is 245 g/mol. The molecule has 0 aromatic carbocycles. The normalized spacial score (nSPS) is 21.8. The molecule has 1 aliphatic heterocycles. The van der Waals surface area contributed by atoms with E-state index in [-0.39, 0.29) is 24.9 Å². The lowest BCUT2D eigenvalue weighted by molar-refractivity contribution is -0.147. The molecule has 0 aromatic heterocycles. The van der Waals surface area contributed by atoms with Crippen LogP contribution >= 0.6 is 0 Å². The van der Waals surface area contributed by atoms with Crippen molar-refractivity contribution >= 4 is 11.9 Å². The number of rotatable bonds is 6. The molecule has 1 fully saturated rings. The smallest absolute Gasteiger partial charge is 0.303 e. The van der Waals surface area contributed by atoms with Crippen molar-refractivity contribution in [3.8, 4) is 0 Å². The van der Waals surface area contributed by atoms with Gasteiger partial charge in [-0.05, 0) is 12.3 Å². The summed E-state index contributed by atoms with van der Waals surface area (Å²) in [6.07, 6.45) is 0.146. The summed E-state index contributed by atoms with van der Waals surface area (Å²) in [6.45, 7) is 3.62. The molecule has 1 rings (SSSR count). The van der Waals surface area contributed by atoms with E-state index in [0.29, 0.717) is 26.2 Å². The van der Waals surface area contributed by atoms with Crippen LogP contribution in [0.1, 0.15) is 19.8 Å². The van der Waals surface area contributed by atoms with Crippen LogP contribution in [0.2, 0.25) is 0 Å². The Morgan fingerprint density at radius 3 is 2.82 bits per heavy atom. The fourth-order valence-electron chi connectivity index (χ4n) is 1.50. The first kappa shape index (κ1) is 13.9. The lowest BCUT2D eigenvalue weighted by atomic mass is 10.1. The van der Waals surface area contributed by atoms with Gasteiger partial charge in [-0.3, -0.25) is 9.59 Å².